The molecule has 0 N–H and O–H groups in total. The van der Waals surface area contributed by atoms with E-state index in [1.54, 1.807) is 0 Å². The Hall–Kier alpha value is -1.52. The standard InChI is InChI=1S/C6H6N2O3/c1-7-3-4(8-2)6(10)11-5(3)9/h1-2H3. The predicted octanol–water partition coefficient (Wildman–Crippen LogP) is -2.06. The van der Waals surface area contributed by atoms with E-state index in [0.717, 1.165) is 0 Å². The van der Waals surface area contributed by atoms with Gasteiger partial charge in [-0.15, -0.1) is 0 Å². The number of rotatable bonds is 0. The molecule has 0 saturated carbocycles. The molecule has 1 rings (SSSR count). The lowest BCUT2D eigenvalue weighted by Gasteiger charge is -1.66. The number of hydrogen-bond acceptors (Lipinski definition) is 5. The van der Waals surface area contributed by atoms with Crippen molar-refractivity contribution in [2.24, 2.45) is 9.98 Å². The molecule has 0 unspecified atom stereocenters. The highest BCUT2D eigenvalue weighted by molar-refractivity contribution is 4.85. The maximum Gasteiger partial charge on any atom is 0.366 e. The van der Waals surface area contributed by atoms with Crippen LogP contribution in [0.2, 0.25) is 0 Å². The molecule has 5 heteroatoms. The fourth-order valence-corrected chi connectivity index (χ4v) is 0.769. The van der Waals surface area contributed by atoms with Gasteiger partial charge in [0.25, 0.3) is 0 Å². The molecule has 0 saturated heterocycles. The normalized spacial score (nSPS) is 14.4. The van der Waals surface area contributed by atoms with Crippen molar-refractivity contribution in [3.8, 4) is 0 Å². The first kappa shape index (κ1) is 7.59. The molecule has 58 valence electrons. The molecule has 1 aromatic heterocycles. The molecule has 0 radical (unpaired) electrons. The molecule has 11 heavy (non-hydrogen) atoms. The third kappa shape index (κ3) is 1.04. The van der Waals surface area contributed by atoms with Gasteiger partial charge in [-0.05, 0) is 0 Å². The second-order valence-electron chi connectivity index (χ2n) is 1.82. The van der Waals surface area contributed by atoms with Crippen LogP contribution in [0.3, 0.4) is 0 Å². The highest BCUT2D eigenvalue weighted by atomic mass is 16.4. The molecule has 0 aliphatic carbocycles. The first-order chi connectivity index (χ1) is 5.20. The monoisotopic (exact) mass is 154 g/mol. The summed E-state index contributed by atoms with van der Waals surface area (Å²) in [7, 11) is 2.81. The third-order valence-corrected chi connectivity index (χ3v) is 1.24. The number of nitrogens with zero attached hydrogens (tertiary/aromatic N) is 2. The van der Waals surface area contributed by atoms with Crippen molar-refractivity contribution in [1.82, 2.24) is 0 Å². The number of furan rings is 1. The lowest BCUT2D eigenvalue weighted by atomic mass is 10.5. The smallest absolute Gasteiger partial charge is 0.366 e. The summed E-state index contributed by atoms with van der Waals surface area (Å²) in [6.45, 7) is 0. The van der Waals surface area contributed by atoms with Gasteiger partial charge in [0.2, 0.25) is 0 Å². The Morgan fingerprint density at radius 3 is 1.64 bits per heavy atom. The second kappa shape index (κ2) is 2.61. The van der Waals surface area contributed by atoms with E-state index in [2.05, 4.69) is 14.4 Å². The van der Waals surface area contributed by atoms with Gasteiger partial charge in [-0.1, -0.05) is 0 Å². The average molecular weight is 154 g/mol. The van der Waals surface area contributed by atoms with E-state index in [9.17, 15) is 9.59 Å². The largest absolute Gasteiger partial charge is 0.383 e. The van der Waals surface area contributed by atoms with Gasteiger partial charge in [-0.25, -0.2) is 9.59 Å². The fraction of sp³-hybridized carbons (Fsp3) is 0.333. The van der Waals surface area contributed by atoms with Crippen LogP contribution in [0.1, 0.15) is 0 Å². The summed E-state index contributed by atoms with van der Waals surface area (Å²) in [5.41, 5.74) is -1.45. The maximum atomic E-state index is 10.7. The van der Waals surface area contributed by atoms with Gasteiger partial charge in [-0.3, -0.25) is 9.98 Å². The van der Waals surface area contributed by atoms with E-state index >= 15 is 0 Å². The van der Waals surface area contributed by atoms with Crippen LogP contribution in [-0.2, 0) is 0 Å². The van der Waals surface area contributed by atoms with Crippen LogP contribution < -0.4 is 22.0 Å². The van der Waals surface area contributed by atoms with Crippen molar-refractivity contribution >= 4 is 0 Å². The van der Waals surface area contributed by atoms with Crippen molar-refractivity contribution in [3.05, 3.63) is 31.6 Å². The third-order valence-electron chi connectivity index (χ3n) is 1.24. The molecule has 0 aliphatic heterocycles. The summed E-state index contributed by atoms with van der Waals surface area (Å²) in [5, 5.41) is -0.00463. The van der Waals surface area contributed by atoms with Crippen LogP contribution in [0.25, 0.3) is 0 Å². The minimum atomic E-state index is -0.724. The zero-order chi connectivity index (χ0) is 8.43. The van der Waals surface area contributed by atoms with Crippen LogP contribution in [-0.4, -0.2) is 14.1 Å². The van der Waals surface area contributed by atoms with E-state index in [0.29, 0.717) is 0 Å². The van der Waals surface area contributed by atoms with Crippen molar-refractivity contribution in [2.75, 3.05) is 14.1 Å². The van der Waals surface area contributed by atoms with E-state index in [-0.39, 0.29) is 10.7 Å². The van der Waals surface area contributed by atoms with Gasteiger partial charge in [0.1, 0.15) is 0 Å². The molecule has 0 spiro atoms. The molecular formula is C6H6N2O3. The van der Waals surface area contributed by atoms with Crippen molar-refractivity contribution < 1.29 is 4.42 Å². The van der Waals surface area contributed by atoms with E-state index in [1.807, 2.05) is 0 Å². The van der Waals surface area contributed by atoms with Crippen LogP contribution >= 0.6 is 0 Å². The molecule has 1 heterocycles. The molecule has 0 aliphatic rings. The summed E-state index contributed by atoms with van der Waals surface area (Å²) >= 11 is 0. The summed E-state index contributed by atoms with van der Waals surface area (Å²) < 4.78 is 4.23. The average Bonchev–Trinajstić information content (AvgIpc) is 2.24. The molecule has 0 amide bonds. The molecule has 0 aromatic carbocycles. The van der Waals surface area contributed by atoms with Gasteiger partial charge in [0.05, 0.1) is 0 Å². The van der Waals surface area contributed by atoms with Gasteiger partial charge in [-0.2, -0.15) is 0 Å². The fourth-order valence-electron chi connectivity index (χ4n) is 0.769. The Kier molecular flexibility index (Phi) is 1.80. The molecular weight excluding hydrogens is 148 g/mol. The number of hydrogen-bond donors (Lipinski definition) is 0. The van der Waals surface area contributed by atoms with Crippen molar-refractivity contribution in [2.45, 2.75) is 0 Å². The van der Waals surface area contributed by atoms with Crippen molar-refractivity contribution in [1.29, 1.82) is 0 Å². The molecule has 0 atom stereocenters. The summed E-state index contributed by atoms with van der Waals surface area (Å²) in [6.07, 6.45) is 0. The topological polar surface area (TPSA) is 72.0 Å². The quantitative estimate of drug-likeness (QED) is 0.431. The van der Waals surface area contributed by atoms with Crippen LogP contribution in [0.5, 0.6) is 0 Å². The minimum absolute atomic E-state index is 0.00231. The Morgan fingerprint density at radius 1 is 1.00 bits per heavy atom. The van der Waals surface area contributed by atoms with Gasteiger partial charge < -0.3 is 4.42 Å². The highest BCUT2D eigenvalue weighted by Crippen LogP contribution is 1.48. The predicted molar refractivity (Wildman–Crippen MR) is 36.6 cm³/mol. The van der Waals surface area contributed by atoms with Gasteiger partial charge in [0.15, 0.2) is 10.7 Å². The Morgan fingerprint density at radius 2 is 1.36 bits per heavy atom. The van der Waals surface area contributed by atoms with E-state index < -0.39 is 11.3 Å². The highest BCUT2D eigenvalue weighted by Gasteiger charge is 2.03. The van der Waals surface area contributed by atoms with Crippen molar-refractivity contribution in [3.63, 3.8) is 0 Å². The minimum Gasteiger partial charge on any atom is -0.383 e. The molecule has 0 bridgehead atoms. The van der Waals surface area contributed by atoms with E-state index in [4.69, 9.17) is 0 Å². The molecule has 1 aromatic rings. The van der Waals surface area contributed by atoms with E-state index in [1.165, 1.54) is 14.1 Å². The Labute approximate surface area is 61.1 Å². The molecule has 5 nitrogen and oxygen atoms in total. The summed E-state index contributed by atoms with van der Waals surface area (Å²) in [4.78, 5) is 28.6. The van der Waals surface area contributed by atoms with Gasteiger partial charge >= 0.3 is 11.3 Å². The zero-order valence-electron chi connectivity index (χ0n) is 6.12. The Bertz CT molecular complexity index is 417. The first-order valence-electron chi connectivity index (χ1n) is 2.91. The van der Waals surface area contributed by atoms with Crippen LogP contribution in [0.4, 0.5) is 0 Å². The van der Waals surface area contributed by atoms with Crippen LogP contribution in [0.15, 0.2) is 24.0 Å². The first-order valence-corrected chi connectivity index (χ1v) is 2.91. The summed E-state index contributed by atoms with van der Waals surface area (Å²) in [5.74, 6) is 0. The second-order valence-corrected chi connectivity index (χ2v) is 1.82. The van der Waals surface area contributed by atoms with Gasteiger partial charge in [0, 0.05) is 14.1 Å². The summed E-state index contributed by atoms with van der Waals surface area (Å²) in [6, 6.07) is 0. The zero-order valence-corrected chi connectivity index (χ0v) is 6.12. The SMILES string of the molecule is CN=c1c(=O)oc(=O)c1=NC. The maximum absolute atomic E-state index is 10.7. The van der Waals surface area contributed by atoms with Crippen LogP contribution in [0, 0.1) is 0 Å². The lowest BCUT2D eigenvalue weighted by molar-refractivity contribution is 0.487. The molecule has 0 fully saturated rings. The lowest BCUT2D eigenvalue weighted by Crippen LogP contribution is -2.37. The Balaban J connectivity index is 4.02.